The van der Waals surface area contributed by atoms with Crippen molar-refractivity contribution in [2.24, 2.45) is 0 Å². The molecule has 0 saturated heterocycles. The van der Waals surface area contributed by atoms with Crippen molar-refractivity contribution in [1.82, 2.24) is 5.32 Å². The normalized spacial score (nSPS) is 13.1. The van der Waals surface area contributed by atoms with Gasteiger partial charge in [-0.25, -0.2) is 0 Å². The second-order valence-corrected chi connectivity index (χ2v) is 22.0. The van der Waals surface area contributed by atoms with E-state index in [4.69, 9.17) is 0 Å². The molecule has 0 heterocycles. The van der Waals surface area contributed by atoms with Crippen LogP contribution in [-0.2, 0) is 4.79 Å². The molecule has 0 spiro atoms. The van der Waals surface area contributed by atoms with E-state index in [0.717, 1.165) is 32.1 Å². The van der Waals surface area contributed by atoms with Gasteiger partial charge in [-0.15, -0.1) is 0 Å². The van der Waals surface area contributed by atoms with E-state index in [0.29, 0.717) is 12.8 Å². The van der Waals surface area contributed by atoms with E-state index in [1.807, 2.05) is 0 Å². The first-order valence-electron chi connectivity index (χ1n) is 31.3. The minimum absolute atomic E-state index is 0.307. The van der Waals surface area contributed by atoms with Gasteiger partial charge in [0.05, 0.1) is 18.8 Å². The topological polar surface area (TPSA) is 89.8 Å². The van der Waals surface area contributed by atoms with Crippen LogP contribution in [0.25, 0.3) is 0 Å². The van der Waals surface area contributed by atoms with Crippen LogP contribution >= 0.6 is 0 Å². The van der Waals surface area contributed by atoms with Crippen molar-refractivity contribution in [3.05, 3.63) is 0 Å². The summed E-state index contributed by atoms with van der Waals surface area (Å²) in [6.45, 7) is 4.29. The first-order chi connectivity index (χ1) is 33.1. The molecular formula is C62H125NO4. The summed E-state index contributed by atoms with van der Waals surface area (Å²) in [6.07, 6.45) is 71.8. The predicted molar refractivity (Wildman–Crippen MR) is 296 cm³/mol. The Morgan fingerprint density at radius 2 is 0.478 bits per heavy atom. The lowest BCUT2D eigenvalue weighted by atomic mass is 10.0. The fourth-order valence-electron chi connectivity index (χ4n) is 10.4. The highest BCUT2D eigenvalue weighted by Crippen LogP contribution is 2.19. The lowest BCUT2D eigenvalue weighted by Crippen LogP contribution is -2.49. The Bertz CT molecular complexity index is 914. The molecule has 4 N–H and O–H groups in total. The number of carbonyl (C=O) groups is 1. The number of aliphatic hydroxyl groups excluding tert-OH is 3. The maximum atomic E-state index is 12.6. The molecule has 0 radical (unpaired) electrons. The number of rotatable bonds is 59. The van der Waals surface area contributed by atoms with Crippen LogP contribution in [0, 0.1) is 0 Å². The third-order valence-electron chi connectivity index (χ3n) is 15.2. The number of carbonyl (C=O) groups excluding carboxylic acids is 1. The molecule has 0 saturated carbocycles. The van der Waals surface area contributed by atoms with Crippen molar-refractivity contribution in [3.8, 4) is 0 Å². The van der Waals surface area contributed by atoms with Gasteiger partial charge in [-0.3, -0.25) is 4.79 Å². The van der Waals surface area contributed by atoms with Gasteiger partial charge in [-0.1, -0.05) is 354 Å². The highest BCUT2D eigenvalue weighted by atomic mass is 16.3. The Kier molecular flexibility index (Phi) is 57.4. The van der Waals surface area contributed by atoms with Gasteiger partial charge in [0.15, 0.2) is 0 Å². The van der Waals surface area contributed by atoms with Crippen LogP contribution in [0.2, 0.25) is 0 Å². The number of nitrogens with one attached hydrogen (secondary N) is 1. The maximum Gasteiger partial charge on any atom is 0.249 e. The average molecular weight is 949 g/mol. The molecule has 3 atom stereocenters. The molecule has 0 aliphatic rings. The van der Waals surface area contributed by atoms with Crippen LogP contribution in [0.1, 0.15) is 367 Å². The highest BCUT2D eigenvalue weighted by Gasteiger charge is 2.23. The molecule has 1 amide bonds. The molecule has 0 fully saturated rings. The molecule has 67 heavy (non-hydrogen) atoms. The number of aliphatic hydroxyl groups is 3. The molecular weight excluding hydrogens is 823 g/mol. The molecule has 0 aromatic rings. The second-order valence-electron chi connectivity index (χ2n) is 22.0. The van der Waals surface area contributed by atoms with Gasteiger partial charge in [0.1, 0.15) is 6.10 Å². The zero-order valence-electron chi connectivity index (χ0n) is 46.1. The van der Waals surface area contributed by atoms with E-state index < -0.39 is 24.2 Å². The minimum Gasteiger partial charge on any atom is -0.394 e. The Morgan fingerprint density at radius 3 is 0.672 bits per heavy atom. The standard InChI is InChI=1S/C62H125NO4/c1-3-5-7-9-11-13-15-17-19-21-23-25-27-29-30-31-32-33-35-37-39-41-43-45-47-49-51-53-55-57-61(66)62(67)63-59(58-64)60(65)56-54-52-50-48-46-44-42-40-38-36-34-28-26-24-22-20-18-16-14-12-10-8-6-4-2/h59-61,64-66H,3-58H2,1-2H3,(H,63,67). The molecule has 0 bridgehead atoms. The molecule has 402 valence electrons. The van der Waals surface area contributed by atoms with E-state index in [1.54, 1.807) is 0 Å². The number of amides is 1. The SMILES string of the molecule is CCCCCCCCCCCCCCCCCCCCCCCCCCCCCCCC(O)C(=O)NC(CO)C(O)CCCCCCCCCCCCCCCCCCCCCCCCCC. The smallest absolute Gasteiger partial charge is 0.249 e. The van der Waals surface area contributed by atoms with Gasteiger partial charge >= 0.3 is 0 Å². The molecule has 0 aliphatic heterocycles. The van der Waals surface area contributed by atoms with Crippen molar-refractivity contribution in [3.63, 3.8) is 0 Å². The molecule has 0 aliphatic carbocycles. The van der Waals surface area contributed by atoms with Crippen molar-refractivity contribution in [2.45, 2.75) is 385 Å². The summed E-state index contributed by atoms with van der Waals surface area (Å²) in [5.74, 6) is -0.460. The fourth-order valence-corrected chi connectivity index (χ4v) is 10.4. The highest BCUT2D eigenvalue weighted by molar-refractivity contribution is 5.80. The lowest BCUT2D eigenvalue weighted by Gasteiger charge is -2.23. The van der Waals surface area contributed by atoms with Gasteiger partial charge in [0.2, 0.25) is 5.91 Å². The van der Waals surface area contributed by atoms with Crippen LogP contribution < -0.4 is 5.32 Å². The van der Waals surface area contributed by atoms with Gasteiger partial charge < -0.3 is 20.6 Å². The Labute approximate surface area is 421 Å². The maximum absolute atomic E-state index is 12.6. The van der Waals surface area contributed by atoms with Gasteiger partial charge in [-0.05, 0) is 12.8 Å². The lowest BCUT2D eigenvalue weighted by molar-refractivity contribution is -0.131. The molecule has 5 nitrogen and oxygen atoms in total. The predicted octanol–water partition coefficient (Wildman–Crippen LogP) is 19.7. The van der Waals surface area contributed by atoms with E-state index in [-0.39, 0.29) is 6.61 Å². The van der Waals surface area contributed by atoms with Crippen LogP contribution in [0.5, 0.6) is 0 Å². The zero-order valence-corrected chi connectivity index (χ0v) is 46.1. The van der Waals surface area contributed by atoms with Crippen LogP contribution in [0.4, 0.5) is 0 Å². The van der Waals surface area contributed by atoms with Gasteiger partial charge in [0, 0.05) is 0 Å². The van der Waals surface area contributed by atoms with E-state index in [9.17, 15) is 20.1 Å². The van der Waals surface area contributed by atoms with E-state index in [1.165, 1.54) is 308 Å². The number of unbranched alkanes of at least 4 members (excludes halogenated alkanes) is 51. The quantitative estimate of drug-likeness (QED) is 0.0457. The third kappa shape index (κ3) is 53.0. The third-order valence-corrected chi connectivity index (χ3v) is 15.2. The summed E-state index contributed by atoms with van der Waals surface area (Å²) >= 11 is 0. The van der Waals surface area contributed by atoms with E-state index >= 15 is 0 Å². The van der Waals surface area contributed by atoms with Gasteiger partial charge in [0.25, 0.3) is 0 Å². The Morgan fingerprint density at radius 1 is 0.299 bits per heavy atom. The summed E-state index contributed by atoms with van der Waals surface area (Å²) in [7, 11) is 0. The van der Waals surface area contributed by atoms with E-state index in [2.05, 4.69) is 19.2 Å². The average Bonchev–Trinajstić information content (AvgIpc) is 3.33. The van der Waals surface area contributed by atoms with Crippen molar-refractivity contribution >= 4 is 5.91 Å². The van der Waals surface area contributed by atoms with Gasteiger partial charge in [-0.2, -0.15) is 0 Å². The molecule has 0 aromatic carbocycles. The number of hydrogen-bond donors (Lipinski definition) is 4. The summed E-state index contributed by atoms with van der Waals surface area (Å²) in [4.78, 5) is 12.6. The minimum atomic E-state index is -1.07. The fraction of sp³-hybridized carbons (Fsp3) is 0.984. The summed E-state index contributed by atoms with van der Waals surface area (Å²) in [5, 5.41) is 33.7. The molecule has 3 unspecified atom stereocenters. The van der Waals surface area contributed by atoms with Crippen molar-refractivity contribution < 1.29 is 20.1 Å². The van der Waals surface area contributed by atoms with Crippen LogP contribution in [0.15, 0.2) is 0 Å². The monoisotopic (exact) mass is 948 g/mol. The largest absolute Gasteiger partial charge is 0.394 e. The first kappa shape index (κ1) is 66.3. The number of hydrogen-bond acceptors (Lipinski definition) is 4. The molecule has 0 aromatic heterocycles. The van der Waals surface area contributed by atoms with Crippen molar-refractivity contribution in [1.29, 1.82) is 0 Å². The molecule has 5 heteroatoms. The molecule has 0 rings (SSSR count). The summed E-state index contributed by atoms with van der Waals surface area (Å²) in [6, 6.07) is -0.708. The van der Waals surface area contributed by atoms with Crippen LogP contribution in [-0.4, -0.2) is 46.1 Å². The Hall–Kier alpha value is -0.650. The summed E-state index contributed by atoms with van der Waals surface area (Å²) < 4.78 is 0. The Balaban J connectivity index is 3.46. The zero-order chi connectivity index (χ0) is 48.6. The van der Waals surface area contributed by atoms with Crippen LogP contribution in [0.3, 0.4) is 0 Å². The first-order valence-corrected chi connectivity index (χ1v) is 31.3. The van der Waals surface area contributed by atoms with Crippen molar-refractivity contribution in [2.75, 3.05) is 6.61 Å². The second kappa shape index (κ2) is 57.9. The summed E-state index contributed by atoms with van der Waals surface area (Å²) in [5.41, 5.74) is 0.